The molecule has 0 aliphatic heterocycles. The van der Waals surface area contributed by atoms with Crippen LogP contribution in [0, 0.1) is 0 Å². The molecule has 0 saturated heterocycles. The largest absolute Gasteiger partial charge is 0.462 e. The van der Waals surface area contributed by atoms with Crippen molar-refractivity contribution < 1.29 is 14.6 Å². The van der Waals surface area contributed by atoms with Crippen LogP contribution in [0.2, 0.25) is 0 Å². The molecule has 4 nitrogen and oxygen atoms in total. The summed E-state index contributed by atoms with van der Waals surface area (Å²) in [4.78, 5) is 0. The lowest BCUT2D eigenvalue weighted by Gasteiger charge is -2.15. The molecule has 1 aromatic heterocycles. The number of hydrogen-bond acceptors (Lipinski definition) is 4. The van der Waals surface area contributed by atoms with Crippen LogP contribution >= 0.6 is 0 Å². The van der Waals surface area contributed by atoms with Gasteiger partial charge in [-0.25, -0.2) is 0 Å². The maximum atomic E-state index is 9.38. The third-order valence-corrected chi connectivity index (χ3v) is 2.98. The first-order valence-electron chi connectivity index (χ1n) is 6.38. The van der Waals surface area contributed by atoms with E-state index in [2.05, 4.69) is 5.32 Å². The van der Waals surface area contributed by atoms with E-state index < -0.39 is 0 Å². The monoisotopic (exact) mass is 261 g/mol. The summed E-state index contributed by atoms with van der Waals surface area (Å²) in [5.74, 6) is 1.32. The van der Waals surface area contributed by atoms with Gasteiger partial charge in [-0.2, -0.15) is 0 Å². The fraction of sp³-hybridized carbons (Fsp3) is 0.333. The number of nitrogens with one attached hydrogen (secondary N) is 1. The first kappa shape index (κ1) is 13.8. The van der Waals surface area contributed by atoms with Crippen LogP contribution in [0.5, 0.6) is 0 Å². The maximum absolute atomic E-state index is 9.38. The Labute approximate surface area is 112 Å². The number of rotatable bonds is 7. The molecule has 1 unspecified atom stereocenters. The summed E-state index contributed by atoms with van der Waals surface area (Å²) in [5, 5.41) is 21.5. The summed E-state index contributed by atoms with van der Waals surface area (Å²) in [6.45, 7) is 0.522. The van der Waals surface area contributed by atoms with E-state index in [-0.39, 0.29) is 19.3 Å². The van der Waals surface area contributed by atoms with Gasteiger partial charge in [-0.05, 0) is 24.1 Å². The molecule has 0 saturated carbocycles. The third kappa shape index (κ3) is 4.21. The lowest BCUT2D eigenvalue weighted by Crippen LogP contribution is -2.33. The Bertz CT molecular complexity index is 481. The molecule has 1 heterocycles. The van der Waals surface area contributed by atoms with Crippen LogP contribution in [0.1, 0.15) is 17.1 Å². The van der Waals surface area contributed by atoms with E-state index in [1.807, 2.05) is 36.4 Å². The van der Waals surface area contributed by atoms with Gasteiger partial charge >= 0.3 is 0 Å². The van der Waals surface area contributed by atoms with Crippen LogP contribution in [-0.4, -0.2) is 22.9 Å². The maximum Gasteiger partial charge on any atom is 0.129 e. The molecule has 1 aromatic carbocycles. The average molecular weight is 261 g/mol. The van der Waals surface area contributed by atoms with Crippen molar-refractivity contribution in [3.63, 3.8) is 0 Å². The Kier molecular flexibility index (Phi) is 5.15. The van der Waals surface area contributed by atoms with Crippen molar-refractivity contribution in [2.24, 2.45) is 0 Å². The summed E-state index contributed by atoms with van der Waals surface area (Å²) in [6.07, 6.45) is 0.769. The van der Waals surface area contributed by atoms with E-state index >= 15 is 0 Å². The van der Waals surface area contributed by atoms with Crippen LogP contribution in [0.15, 0.2) is 46.9 Å². The SMILES string of the molecule is OCc1ccc(CNC(CO)Cc2ccccc2)o1. The minimum absolute atomic E-state index is 0.00919. The lowest BCUT2D eigenvalue weighted by molar-refractivity contribution is 0.230. The molecule has 0 fully saturated rings. The molecule has 0 spiro atoms. The molecule has 0 aliphatic rings. The van der Waals surface area contributed by atoms with Gasteiger partial charge in [0, 0.05) is 6.04 Å². The van der Waals surface area contributed by atoms with E-state index in [1.165, 1.54) is 5.56 Å². The average Bonchev–Trinajstić information content (AvgIpc) is 2.92. The Morgan fingerprint density at radius 2 is 1.74 bits per heavy atom. The van der Waals surface area contributed by atoms with Gasteiger partial charge in [-0.1, -0.05) is 30.3 Å². The highest BCUT2D eigenvalue weighted by Gasteiger charge is 2.09. The van der Waals surface area contributed by atoms with Gasteiger partial charge in [0.15, 0.2) is 0 Å². The second-order valence-electron chi connectivity index (χ2n) is 4.48. The van der Waals surface area contributed by atoms with Crippen LogP contribution < -0.4 is 5.32 Å². The Hall–Kier alpha value is -1.62. The predicted molar refractivity (Wildman–Crippen MR) is 72.5 cm³/mol. The van der Waals surface area contributed by atoms with Crippen LogP contribution in [0.4, 0.5) is 0 Å². The van der Waals surface area contributed by atoms with E-state index in [1.54, 1.807) is 6.07 Å². The fourth-order valence-corrected chi connectivity index (χ4v) is 1.95. The highest BCUT2D eigenvalue weighted by molar-refractivity contribution is 5.16. The standard InChI is InChI=1S/C15H19NO3/c17-10-13(8-12-4-2-1-3-5-12)16-9-14-6-7-15(11-18)19-14/h1-7,13,16-18H,8-11H2. The molecule has 19 heavy (non-hydrogen) atoms. The Balaban J connectivity index is 1.85. The topological polar surface area (TPSA) is 65.6 Å². The van der Waals surface area contributed by atoms with Gasteiger partial charge in [-0.3, -0.25) is 0 Å². The fourth-order valence-electron chi connectivity index (χ4n) is 1.95. The molecular formula is C15H19NO3. The Morgan fingerprint density at radius 1 is 1.00 bits per heavy atom. The van der Waals surface area contributed by atoms with Crippen molar-refractivity contribution in [2.45, 2.75) is 25.6 Å². The summed E-state index contributed by atoms with van der Waals surface area (Å²) >= 11 is 0. The quantitative estimate of drug-likeness (QED) is 0.706. The van der Waals surface area contributed by atoms with Crippen LogP contribution in [-0.2, 0) is 19.6 Å². The van der Waals surface area contributed by atoms with Crippen molar-refractivity contribution in [1.82, 2.24) is 5.32 Å². The van der Waals surface area contributed by atoms with Crippen LogP contribution in [0.3, 0.4) is 0 Å². The van der Waals surface area contributed by atoms with E-state index in [0.29, 0.717) is 12.3 Å². The number of furan rings is 1. The van der Waals surface area contributed by atoms with Crippen molar-refractivity contribution in [1.29, 1.82) is 0 Å². The molecule has 1 atom stereocenters. The zero-order valence-corrected chi connectivity index (χ0v) is 10.7. The molecule has 2 aromatic rings. The molecule has 3 N–H and O–H groups in total. The van der Waals surface area contributed by atoms with Crippen molar-refractivity contribution >= 4 is 0 Å². The molecule has 0 aliphatic carbocycles. The van der Waals surface area contributed by atoms with Gasteiger partial charge in [0.1, 0.15) is 18.1 Å². The molecule has 0 radical (unpaired) electrons. The van der Waals surface area contributed by atoms with Crippen molar-refractivity contribution in [3.8, 4) is 0 Å². The summed E-state index contributed by atoms with van der Waals surface area (Å²) in [7, 11) is 0. The van der Waals surface area contributed by atoms with Gasteiger partial charge in [0.25, 0.3) is 0 Å². The van der Waals surface area contributed by atoms with Crippen LogP contribution in [0.25, 0.3) is 0 Å². The first-order chi connectivity index (χ1) is 9.31. The van der Waals surface area contributed by atoms with E-state index in [0.717, 1.165) is 12.2 Å². The van der Waals surface area contributed by atoms with Crippen molar-refractivity contribution in [3.05, 3.63) is 59.5 Å². The minimum atomic E-state index is -0.0898. The van der Waals surface area contributed by atoms with E-state index in [4.69, 9.17) is 9.52 Å². The molecule has 0 amide bonds. The lowest BCUT2D eigenvalue weighted by atomic mass is 10.1. The molecule has 2 rings (SSSR count). The van der Waals surface area contributed by atoms with Gasteiger partial charge in [0.05, 0.1) is 13.2 Å². The number of aliphatic hydroxyl groups excluding tert-OH is 2. The second kappa shape index (κ2) is 7.09. The summed E-state index contributed by atoms with van der Waals surface area (Å²) in [5.41, 5.74) is 1.18. The minimum Gasteiger partial charge on any atom is -0.462 e. The molecule has 0 bridgehead atoms. The smallest absolute Gasteiger partial charge is 0.129 e. The number of aliphatic hydroxyl groups is 2. The molecule has 4 heteroatoms. The summed E-state index contributed by atoms with van der Waals surface area (Å²) < 4.78 is 5.38. The Morgan fingerprint density at radius 3 is 2.37 bits per heavy atom. The predicted octanol–water partition coefficient (Wildman–Crippen LogP) is 1.47. The zero-order valence-electron chi connectivity index (χ0n) is 10.7. The number of hydrogen-bond donors (Lipinski definition) is 3. The highest BCUT2D eigenvalue weighted by atomic mass is 16.4. The molecule has 102 valence electrons. The first-order valence-corrected chi connectivity index (χ1v) is 6.38. The van der Waals surface area contributed by atoms with Gasteiger partial charge in [-0.15, -0.1) is 0 Å². The van der Waals surface area contributed by atoms with E-state index in [9.17, 15) is 5.11 Å². The second-order valence-corrected chi connectivity index (χ2v) is 4.48. The highest BCUT2D eigenvalue weighted by Crippen LogP contribution is 2.08. The molecular weight excluding hydrogens is 242 g/mol. The normalized spacial score (nSPS) is 12.5. The number of benzene rings is 1. The van der Waals surface area contributed by atoms with Crippen molar-refractivity contribution in [2.75, 3.05) is 6.61 Å². The van der Waals surface area contributed by atoms with Gasteiger partial charge < -0.3 is 19.9 Å². The summed E-state index contributed by atoms with van der Waals surface area (Å²) in [6, 6.07) is 13.6. The third-order valence-electron chi connectivity index (χ3n) is 2.98. The zero-order chi connectivity index (χ0) is 13.5. The van der Waals surface area contributed by atoms with Gasteiger partial charge in [0.2, 0.25) is 0 Å².